The fourth-order valence-corrected chi connectivity index (χ4v) is 1.83. The van der Waals surface area contributed by atoms with Crippen molar-refractivity contribution >= 4 is 17.1 Å². The van der Waals surface area contributed by atoms with Gasteiger partial charge in [-0.25, -0.2) is 0 Å². The molecule has 0 bridgehead atoms. The zero-order valence-corrected chi connectivity index (χ0v) is 11.7. The minimum absolute atomic E-state index is 0.595. The number of anilines is 3. The molecule has 106 valence electrons. The SMILES string of the molecule is CCOc1ccc(OCC)c(Nc2cncc(N)c2)c1. The van der Waals surface area contributed by atoms with Gasteiger partial charge in [0.15, 0.2) is 0 Å². The van der Waals surface area contributed by atoms with Gasteiger partial charge in [0.25, 0.3) is 0 Å². The molecule has 1 aromatic heterocycles. The minimum Gasteiger partial charge on any atom is -0.494 e. The molecule has 20 heavy (non-hydrogen) atoms. The molecule has 5 heteroatoms. The lowest BCUT2D eigenvalue weighted by Gasteiger charge is -2.14. The van der Waals surface area contributed by atoms with E-state index in [2.05, 4.69) is 10.3 Å². The zero-order chi connectivity index (χ0) is 14.4. The smallest absolute Gasteiger partial charge is 0.142 e. The molecular weight excluding hydrogens is 254 g/mol. The van der Waals surface area contributed by atoms with Gasteiger partial charge in [-0.3, -0.25) is 4.98 Å². The Bertz CT molecular complexity index is 573. The van der Waals surface area contributed by atoms with Gasteiger partial charge in [0.1, 0.15) is 11.5 Å². The number of hydrogen-bond acceptors (Lipinski definition) is 5. The van der Waals surface area contributed by atoms with Crippen LogP contribution < -0.4 is 20.5 Å². The molecule has 0 radical (unpaired) electrons. The molecule has 0 saturated heterocycles. The Balaban J connectivity index is 2.29. The average Bonchev–Trinajstić information content (AvgIpc) is 2.42. The number of benzene rings is 1. The number of hydrogen-bond donors (Lipinski definition) is 2. The third-order valence-electron chi connectivity index (χ3n) is 2.60. The second kappa shape index (κ2) is 6.65. The molecule has 0 aliphatic heterocycles. The Hall–Kier alpha value is -2.43. The topological polar surface area (TPSA) is 69.4 Å². The molecule has 0 saturated carbocycles. The largest absolute Gasteiger partial charge is 0.494 e. The number of rotatable bonds is 6. The van der Waals surface area contributed by atoms with Gasteiger partial charge < -0.3 is 20.5 Å². The molecule has 1 heterocycles. The summed E-state index contributed by atoms with van der Waals surface area (Å²) in [4.78, 5) is 4.06. The average molecular weight is 273 g/mol. The molecule has 3 N–H and O–H groups in total. The van der Waals surface area contributed by atoms with Crippen molar-refractivity contribution in [3.8, 4) is 11.5 Å². The Labute approximate surface area is 118 Å². The van der Waals surface area contributed by atoms with Crippen molar-refractivity contribution in [2.75, 3.05) is 24.3 Å². The summed E-state index contributed by atoms with van der Waals surface area (Å²) in [6.07, 6.45) is 3.31. The standard InChI is InChI=1S/C15H19N3O2/c1-3-19-13-5-6-15(20-4-2)14(8-13)18-12-7-11(16)9-17-10-12/h5-10,18H,3-4,16H2,1-2H3. The van der Waals surface area contributed by atoms with Gasteiger partial charge in [-0.2, -0.15) is 0 Å². The molecule has 0 unspecified atom stereocenters. The number of nitrogens with one attached hydrogen (secondary N) is 1. The van der Waals surface area contributed by atoms with E-state index in [1.807, 2.05) is 38.1 Å². The van der Waals surface area contributed by atoms with Gasteiger partial charge in [-0.05, 0) is 32.0 Å². The van der Waals surface area contributed by atoms with E-state index in [1.165, 1.54) is 0 Å². The number of ether oxygens (including phenoxy) is 2. The second-order valence-corrected chi connectivity index (χ2v) is 4.16. The van der Waals surface area contributed by atoms with Crippen molar-refractivity contribution in [1.82, 2.24) is 4.98 Å². The Kier molecular flexibility index (Phi) is 4.65. The number of nitrogens with zero attached hydrogens (tertiary/aromatic N) is 1. The van der Waals surface area contributed by atoms with Gasteiger partial charge in [0.05, 0.1) is 36.5 Å². The van der Waals surface area contributed by atoms with Crippen molar-refractivity contribution in [3.63, 3.8) is 0 Å². The highest BCUT2D eigenvalue weighted by atomic mass is 16.5. The van der Waals surface area contributed by atoms with Gasteiger partial charge >= 0.3 is 0 Å². The third-order valence-corrected chi connectivity index (χ3v) is 2.60. The van der Waals surface area contributed by atoms with E-state index in [0.717, 1.165) is 22.9 Å². The number of nitrogen functional groups attached to an aromatic ring is 1. The predicted molar refractivity (Wildman–Crippen MR) is 80.7 cm³/mol. The fourth-order valence-electron chi connectivity index (χ4n) is 1.83. The van der Waals surface area contributed by atoms with Crippen molar-refractivity contribution in [3.05, 3.63) is 36.7 Å². The molecule has 2 aromatic rings. The van der Waals surface area contributed by atoms with Crippen LogP contribution in [0.25, 0.3) is 0 Å². The molecule has 0 aliphatic rings. The second-order valence-electron chi connectivity index (χ2n) is 4.16. The Morgan fingerprint density at radius 3 is 2.60 bits per heavy atom. The molecule has 0 amide bonds. The van der Waals surface area contributed by atoms with Crippen LogP contribution in [0.5, 0.6) is 11.5 Å². The van der Waals surface area contributed by atoms with E-state index in [1.54, 1.807) is 12.4 Å². The first-order valence-corrected chi connectivity index (χ1v) is 6.60. The highest BCUT2D eigenvalue weighted by molar-refractivity contribution is 5.69. The lowest BCUT2D eigenvalue weighted by atomic mass is 10.2. The first-order valence-electron chi connectivity index (χ1n) is 6.60. The molecular formula is C15H19N3O2. The summed E-state index contributed by atoms with van der Waals surface area (Å²) in [6.45, 7) is 5.11. The summed E-state index contributed by atoms with van der Waals surface area (Å²) < 4.78 is 11.1. The minimum atomic E-state index is 0.595. The fraction of sp³-hybridized carbons (Fsp3) is 0.267. The van der Waals surface area contributed by atoms with Crippen molar-refractivity contribution in [2.24, 2.45) is 0 Å². The predicted octanol–water partition coefficient (Wildman–Crippen LogP) is 3.20. The van der Waals surface area contributed by atoms with Crippen LogP contribution >= 0.6 is 0 Å². The van der Waals surface area contributed by atoms with Crippen LogP contribution in [0.15, 0.2) is 36.7 Å². The molecule has 5 nitrogen and oxygen atoms in total. The van der Waals surface area contributed by atoms with Crippen LogP contribution in [0.4, 0.5) is 17.1 Å². The molecule has 0 spiro atoms. The third kappa shape index (κ3) is 3.54. The van der Waals surface area contributed by atoms with Gasteiger partial charge in [-0.15, -0.1) is 0 Å². The summed E-state index contributed by atoms with van der Waals surface area (Å²) in [5, 5.41) is 3.25. The van der Waals surface area contributed by atoms with Gasteiger partial charge in [-0.1, -0.05) is 0 Å². The van der Waals surface area contributed by atoms with Crippen LogP contribution in [0.3, 0.4) is 0 Å². The normalized spacial score (nSPS) is 10.1. The maximum Gasteiger partial charge on any atom is 0.142 e. The van der Waals surface area contributed by atoms with E-state index in [0.29, 0.717) is 18.9 Å². The highest BCUT2D eigenvalue weighted by Gasteiger charge is 2.06. The number of aromatic nitrogens is 1. The van der Waals surface area contributed by atoms with E-state index >= 15 is 0 Å². The van der Waals surface area contributed by atoms with E-state index in [9.17, 15) is 0 Å². The maximum absolute atomic E-state index is 5.73. The van der Waals surface area contributed by atoms with E-state index in [-0.39, 0.29) is 0 Å². The molecule has 2 rings (SSSR count). The van der Waals surface area contributed by atoms with Crippen LogP contribution in [0, 0.1) is 0 Å². The number of pyridine rings is 1. The first-order chi connectivity index (χ1) is 9.72. The monoisotopic (exact) mass is 273 g/mol. The maximum atomic E-state index is 5.73. The van der Waals surface area contributed by atoms with E-state index < -0.39 is 0 Å². The quantitative estimate of drug-likeness (QED) is 0.845. The Morgan fingerprint density at radius 1 is 1.10 bits per heavy atom. The molecule has 1 aromatic carbocycles. The number of nitrogens with two attached hydrogens (primary N) is 1. The zero-order valence-electron chi connectivity index (χ0n) is 11.7. The summed E-state index contributed by atoms with van der Waals surface area (Å²) in [7, 11) is 0. The molecule has 0 aliphatic carbocycles. The van der Waals surface area contributed by atoms with Crippen molar-refractivity contribution in [1.29, 1.82) is 0 Å². The van der Waals surface area contributed by atoms with Crippen molar-refractivity contribution in [2.45, 2.75) is 13.8 Å². The molecule has 0 fully saturated rings. The summed E-state index contributed by atoms with van der Waals surface area (Å²) in [5.41, 5.74) is 7.96. The van der Waals surface area contributed by atoms with Crippen LogP contribution in [0.1, 0.15) is 13.8 Å². The van der Waals surface area contributed by atoms with E-state index in [4.69, 9.17) is 15.2 Å². The van der Waals surface area contributed by atoms with Crippen molar-refractivity contribution < 1.29 is 9.47 Å². The van der Waals surface area contributed by atoms with Gasteiger partial charge in [0.2, 0.25) is 0 Å². The lowest BCUT2D eigenvalue weighted by Crippen LogP contribution is -2.00. The summed E-state index contributed by atoms with van der Waals surface area (Å²) in [5.74, 6) is 1.55. The summed E-state index contributed by atoms with van der Waals surface area (Å²) in [6, 6.07) is 7.49. The lowest BCUT2D eigenvalue weighted by molar-refractivity contribution is 0.332. The van der Waals surface area contributed by atoms with Crippen LogP contribution in [-0.4, -0.2) is 18.2 Å². The molecule has 0 atom stereocenters. The highest BCUT2D eigenvalue weighted by Crippen LogP contribution is 2.32. The Morgan fingerprint density at radius 2 is 1.90 bits per heavy atom. The van der Waals surface area contributed by atoms with Crippen LogP contribution in [-0.2, 0) is 0 Å². The summed E-state index contributed by atoms with van der Waals surface area (Å²) >= 11 is 0. The first kappa shape index (κ1) is 14.0. The van der Waals surface area contributed by atoms with Crippen LogP contribution in [0.2, 0.25) is 0 Å². The van der Waals surface area contributed by atoms with Gasteiger partial charge in [0, 0.05) is 12.3 Å².